The molecule has 5 heteroatoms. The van der Waals surface area contributed by atoms with E-state index in [1.807, 2.05) is 0 Å². The van der Waals surface area contributed by atoms with Crippen molar-refractivity contribution in [1.82, 2.24) is 0 Å². The van der Waals surface area contributed by atoms with Gasteiger partial charge in [-0.3, -0.25) is 5.11 Å². The van der Waals surface area contributed by atoms with E-state index in [0.717, 1.165) is 5.32 Å². The first-order valence-electron chi connectivity index (χ1n) is 2.09. The topological polar surface area (TPSA) is 110 Å². The Bertz CT molecular complexity index is 95.2. The third-order valence-corrected chi connectivity index (χ3v) is 0.437. The van der Waals surface area contributed by atoms with Crippen molar-refractivity contribution in [3.05, 3.63) is 0 Å². The van der Waals surface area contributed by atoms with Gasteiger partial charge in [-0.25, -0.2) is 5.41 Å². The Kier molecular flexibility index (Phi) is 1.91. The molecule has 0 saturated carbocycles. The van der Waals surface area contributed by atoms with Crippen LogP contribution in [0.4, 0.5) is 0 Å². The third-order valence-electron chi connectivity index (χ3n) is 0.437. The highest BCUT2D eigenvalue weighted by Gasteiger charge is 2.25. The molecule has 0 aliphatic rings. The van der Waals surface area contributed by atoms with E-state index in [-0.39, 0.29) is 5.96 Å². The Hall–Kier alpha value is -0.650. The highest BCUT2D eigenvalue weighted by molar-refractivity contribution is 5.63. The summed E-state index contributed by atoms with van der Waals surface area (Å²) in [4.78, 5) is 0. The van der Waals surface area contributed by atoms with Gasteiger partial charge < -0.3 is 10.8 Å². The lowest BCUT2D eigenvalue weighted by Gasteiger charge is -2.05. The zero-order valence-electron chi connectivity index (χ0n) is 4.60. The monoisotopic (exact) mass is 121 g/mol. The fourth-order valence-electron chi connectivity index (χ4n) is 0.303. The van der Waals surface area contributed by atoms with Crippen molar-refractivity contribution in [2.75, 3.05) is 0 Å². The summed E-state index contributed by atoms with van der Waals surface area (Å²) in [5.74, 6) is -1.99. The summed E-state index contributed by atoms with van der Waals surface area (Å²) in [6, 6.07) is 0. The van der Waals surface area contributed by atoms with Gasteiger partial charge in [-0.15, -0.1) is 0 Å². The van der Waals surface area contributed by atoms with E-state index in [4.69, 9.17) is 21.4 Å². The summed E-state index contributed by atoms with van der Waals surface area (Å²) >= 11 is 0. The maximum atomic E-state index is 8.58. The van der Waals surface area contributed by atoms with Crippen LogP contribution in [0.1, 0.15) is 6.92 Å². The van der Waals surface area contributed by atoms with Gasteiger partial charge in [0.15, 0.2) is 0 Å². The van der Waals surface area contributed by atoms with E-state index in [2.05, 4.69) is 0 Å². The predicted molar refractivity (Wildman–Crippen MR) is 28.1 cm³/mol. The summed E-state index contributed by atoms with van der Waals surface area (Å²) < 4.78 is 0. The van der Waals surface area contributed by atoms with Crippen molar-refractivity contribution in [2.24, 2.45) is 5.73 Å². The van der Waals surface area contributed by atoms with Crippen LogP contribution in [-0.2, 0) is 0 Å². The molecule has 0 amide bonds. The van der Waals surface area contributed by atoms with Crippen LogP contribution >= 0.6 is 0 Å². The van der Waals surface area contributed by atoms with Gasteiger partial charge in [0.2, 0.25) is 0 Å². The summed E-state index contributed by atoms with van der Waals surface area (Å²) in [6.45, 7) is 1.23. The molecule has 0 aliphatic carbocycles. The minimum atomic E-state index is -1.70. The first kappa shape index (κ1) is 7.35. The van der Waals surface area contributed by atoms with Gasteiger partial charge in [-0.1, -0.05) is 0 Å². The van der Waals surface area contributed by atoms with Gasteiger partial charge in [-0.05, 0) is 0 Å². The Morgan fingerprint density at radius 3 is 2.38 bits per heavy atom. The summed E-state index contributed by atoms with van der Waals surface area (Å²) in [6.07, 6.45) is 0. The third kappa shape index (κ3) is 5.35. The molecule has 0 spiro atoms. The van der Waals surface area contributed by atoms with Crippen LogP contribution in [0.3, 0.4) is 0 Å². The Labute approximate surface area is 46.6 Å². The predicted octanol–water partition coefficient (Wildman–Crippen LogP) is -3.17. The maximum Gasteiger partial charge on any atom is 0.415 e. The lowest BCUT2D eigenvalue weighted by molar-refractivity contribution is -0.728. The molecule has 1 unspecified atom stereocenters. The molecule has 0 aromatic rings. The van der Waals surface area contributed by atoms with Crippen molar-refractivity contribution in [3.63, 3.8) is 0 Å². The van der Waals surface area contributed by atoms with E-state index in [1.54, 1.807) is 0 Å². The number of hydrogen-bond donors (Lipinski definition) is 4. The molecule has 0 aliphatic heterocycles. The second kappa shape index (κ2) is 2.08. The molecule has 48 valence electrons. The number of hydrogen-bond acceptors (Lipinski definition) is 2. The maximum absolute atomic E-state index is 8.58. The molecule has 0 radical (unpaired) electrons. The molecular weight excluding hydrogens is 110 g/mol. The van der Waals surface area contributed by atoms with E-state index >= 15 is 0 Å². The molecule has 0 fully saturated rings. The molecule has 8 N–H and O–H groups in total. The number of quaternary nitrogens is 1. The zero-order valence-corrected chi connectivity index (χ0v) is 4.60. The Morgan fingerprint density at radius 2 is 2.38 bits per heavy atom. The fourth-order valence-corrected chi connectivity index (χ4v) is 0.303. The first-order valence-corrected chi connectivity index (χ1v) is 2.09. The molecule has 0 saturated heterocycles. The molecule has 0 rings (SSSR count). The van der Waals surface area contributed by atoms with Crippen molar-refractivity contribution < 1.29 is 15.5 Å². The Balaban J connectivity index is 3.55. The normalized spacial score (nSPS) is 17.4. The zero-order chi connectivity index (χ0) is 6.78. The molecule has 0 bridgehead atoms. The average molecular weight is 121 g/mol. The van der Waals surface area contributed by atoms with Crippen molar-refractivity contribution in [3.8, 4) is 0 Å². The van der Waals surface area contributed by atoms with Crippen molar-refractivity contribution in [1.29, 1.82) is 5.41 Å². The van der Waals surface area contributed by atoms with Crippen LogP contribution in [0.2, 0.25) is 0 Å². The largest absolute Gasteiger partial charge is 0.415 e. The van der Waals surface area contributed by atoms with Crippen LogP contribution in [-0.4, -0.2) is 22.1 Å². The highest BCUT2D eigenvalue weighted by Crippen LogP contribution is 1.75. The molecular formula is C3H11N3O2+2. The molecule has 1 atom stereocenters. The number of aliphatic hydroxyl groups is 1. The van der Waals surface area contributed by atoms with Crippen LogP contribution < -0.4 is 11.1 Å². The van der Waals surface area contributed by atoms with E-state index in [1.165, 1.54) is 6.92 Å². The van der Waals surface area contributed by atoms with E-state index in [0.29, 0.717) is 0 Å². The number of nitrogens with one attached hydrogen (secondary N) is 1. The summed E-state index contributed by atoms with van der Waals surface area (Å²) in [5.41, 5.74) is 4.83. The number of rotatable bonds is 1. The van der Waals surface area contributed by atoms with Crippen LogP contribution in [0, 0.1) is 5.41 Å². The van der Waals surface area contributed by atoms with E-state index in [9.17, 15) is 0 Å². The smallest absolute Gasteiger partial charge is 0.371 e. The molecule has 5 nitrogen and oxygen atoms in total. The lowest BCUT2D eigenvalue weighted by atomic mass is 10.6. The summed E-state index contributed by atoms with van der Waals surface area (Å²) in [7, 11) is 0. The minimum absolute atomic E-state index is 0.287. The van der Waals surface area contributed by atoms with Crippen molar-refractivity contribution in [2.45, 2.75) is 12.8 Å². The van der Waals surface area contributed by atoms with Gasteiger partial charge in [0.05, 0.1) is 0 Å². The van der Waals surface area contributed by atoms with Gasteiger partial charge in [0.1, 0.15) is 6.92 Å². The quantitative estimate of drug-likeness (QED) is 0.127. The van der Waals surface area contributed by atoms with Crippen LogP contribution in [0.15, 0.2) is 0 Å². The van der Waals surface area contributed by atoms with Gasteiger partial charge in [-0.2, -0.15) is 5.32 Å². The van der Waals surface area contributed by atoms with Crippen LogP contribution in [0.5, 0.6) is 0 Å². The highest BCUT2D eigenvalue weighted by atomic mass is 16.5. The summed E-state index contributed by atoms with van der Waals surface area (Å²) in [5, 5.41) is 22.8. The SMILES string of the molecule is CC(O)([OH2+])[NH2+]C(=N)N. The van der Waals surface area contributed by atoms with Crippen LogP contribution in [0.25, 0.3) is 0 Å². The molecule has 0 aromatic carbocycles. The van der Waals surface area contributed by atoms with Gasteiger partial charge >= 0.3 is 5.91 Å². The van der Waals surface area contributed by atoms with Gasteiger partial charge in [0, 0.05) is 0 Å². The second-order valence-corrected chi connectivity index (χ2v) is 1.75. The average Bonchev–Trinajstić information content (AvgIpc) is 1.21. The number of guanidine groups is 1. The lowest BCUT2D eigenvalue weighted by Crippen LogP contribution is -3.01. The minimum Gasteiger partial charge on any atom is -0.371 e. The number of nitrogens with two attached hydrogens (primary N) is 2. The standard InChI is InChI=1S/C3H9N3O2/c1-3(7,8)6-2(4)5/h7-8H,1H3,(H4,4,5,6)/p+2. The van der Waals surface area contributed by atoms with E-state index < -0.39 is 5.91 Å². The fraction of sp³-hybridized carbons (Fsp3) is 0.667. The second-order valence-electron chi connectivity index (χ2n) is 1.75. The molecule has 0 heterocycles. The van der Waals surface area contributed by atoms with Gasteiger partial charge in [0.25, 0.3) is 5.96 Å². The first-order chi connectivity index (χ1) is 3.42. The molecule has 8 heavy (non-hydrogen) atoms. The Morgan fingerprint density at radius 1 is 2.00 bits per heavy atom. The van der Waals surface area contributed by atoms with Crippen molar-refractivity contribution >= 4 is 5.96 Å². The molecule has 0 aromatic heterocycles.